The van der Waals surface area contributed by atoms with Gasteiger partial charge in [-0.05, 0) is 0 Å². The lowest BCUT2D eigenvalue weighted by molar-refractivity contribution is 0.406. The second kappa shape index (κ2) is 3.28. The van der Waals surface area contributed by atoms with Crippen LogP contribution in [0.2, 0.25) is 0 Å². The van der Waals surface area contributed by atoms with Crippen molar-refractivity contribution in [2.24, 2.45) is 0 Å². The molecule has 0 aromatic heterocycles. The van der Waals surface area contributed by atoms with Crippen molar-refractivity contribution in [3.63, 3.8) is 0 Å². The minimum absolute atomic E-state index is 0.0787. The largest absolute Gasteiger partial charge is 0.474 e. The molecule has 0 aromatic rings. The van der Waals surface area contributed by atoms with E-state index in [0.29, 0.717) is 0 Å². The predicted octanol–water partition coefficient (Wildman–Crippen LogP) is 1.29. The fourth-order valence-corrected chi connectivity index (χ4v) is 0.0589. The summed E-state index contributed by atoms with van der Waals surface area (Å²) in [6, 6.07) is 0. The highest BCUT2D eigenvalue weighted by Gasteiger charge is 1.45. The van der Waals surface area contributed by atoms with E-state index < -0.39 is 0 Å². The van der Waals surface area contributed by atoms with Crippen LogP contribution in [0.3, 0.4) is 0 Å². The Balaban J connectivity index is 3.05. The average molecular weight is 71.1 g/mol. The van der Waals surface area contributed by atoms with Gasteiger partial charge in [0.15, 0.2) is 0 Å². The van der Waals surface area contributed by atoms with Gasteiger partial charge in [0.1, 0.15) is 1.37 Å². The lowest BCUT2D eigenvalue weighted by Gasteiger charge is -1.76. The Labute approximate surface area is 33.0 Å². The van der Waals surface area contributed by atoms with Crippen molar-refractivity contribution in [3.05, 3.63) is 25.7 Å². The quantitative estimate of drug-likeness (QED) is 0.446. The number of rotatable bonds is 2. The molecule has 5 heavy (non-hydrogen) atoms. The Hall–Kier alpha value is -0.720. The molecule has 1 heteroatoms. The SMILES string of the molecule is [2H]C(=C)OC=C. The number of hydrogen-bond donors (Lipinski definition) is 0. The van der Waals surface area contributed by atoms with Crippen molar-refractivity contribution < 1.29 is 6.11 Å². The number of ether oxygens (including phenoxy) is 1. The predicted molar refractivity (Wildman–Crippen MR) is 21.5 cm³/mol. The van der Waals surface area contributed by atoms with Crippen LogP contribution in [-0.4, -0.2) is 0 Å². The smallest absolute Gasteiger partial charge is 0.104 e. The van der Waals surface area contributed by atoms with Crippen LogP contribution < -0.4 is 0 Å². The van der Waals surface area contributed by atoms with Gasteiger partial charge in [0.2, 0.25) is 0 Å². The zero-order valence-corrected chi connectivity index (χ0v) is 2.90. The van der Waals surface area contributed by atoms with E-state index in [2.05, 4.69) is 17.9 Å². The van der Waals surface area contributed by atoms with Crippen molar-refractivity contribution in [1.29, 1.82) is 0 Å². The highest BCUT2D eigenvalue weighted by atomic mass is 16.5. The molecule has 0 aliphatic heterocycles. The van der Waals surface area contributed by atoms with E-state index >= 15 is 0 Å². The summed E-state index contributed by atoms with van der Waals surface area (Å²) < 4.78 is 10.8. The van der Waals surface area contributed by atoms with Crippen LogP contribution in [0.5, 0.6) is 0 Å². The molecule has 0 fully saturated rings. The first kappa shape index (κ1) is 2.51. The van der Waals surface area contributed by atoms with E-state index in [4.69, 9.17) is 1.37 Å². The molecule has 0 aliphatic carbocycles. The fraction of sp³-hybridized carbons (Fsp3) is 0. The maximum Gasteiger partial charge on any atom is 0.104 e. The van der Waals surface area contributed by atoms with Gasteiger partial charge in [-0.15, -0.1) is 0 Å². The second-order valence-electron chi connectivity index (χ2n) is 0.429. The third-order valence-corrected chi connectivity index (χ3v) is 0.167. The molecular weight excluding hydrogens is 64.0 g/mol. The first-order valence-electron chi connectivity index (χ1n) is 1.70. The molecule has 0 radical (unpaired) electrons. The van der Waals surface area contributed by atoms with Crippen molar-refractivity contribution in [2.45, 2.75) is 0 Å². The first-order valence-corrected chi connectivity index (χ1v) is 1.20. The van der Waals surface area contributed by atoms with Crippen molar-refractivity contribution in [2.75, 3.05) is 0 Å². The lowest BCUT2D eigenvalue weighted by Crippen LogP contribution is -1.52. The maximum absolute atomic E-state index is 6.49. The summed E-state index contributed by atoms with van der Waals surface area (Å²) in [7, 11) is 0. The van der Waals surface area contributed by atoms with Gasteiger partial charge < -0.3 is 4.74 Å². The summed E-state index contributed by atoms with van der Waals surface area (Å²) in [6.45, 7) is 6.32. The average Bonchev–Trinajstić information content (AvgIpc) is 1.35. The van der Waals surface area contributed by atoms with Gasteiger partial charge in [-0.1, -0.05) is 13.2 Å². The Bertz CT molecular complexity index is 67.9. The molecule has 0 saturated carbocycles. The van der Waals surface area contributed by atoms with E-state index in [1.807, 2.05) is 0 Å². The van der Waals surface area contributed by atoms with E-state index in [1.165, 1.54) is 0 Å². The van der Waals surface area contributed by atoms with Crippen LogP contribution in [0.25, 0.3) is 0 Å². The normalized spacial score (nSPS) is 8.40. The van der Waals surface area contributed by atoms with Gasteiger partial charge in [0.25, 0.3) is 0 Å². The summed E-state index contributed by atoms with van der Waals surface area (Å²) >= 11 is 0. The van der Waals surface area contributed by atoms with E-state index in [0.717, 1.165) is 6.26 Å². The van der Waals surface area contributed by atoms with Crippen LogP contribution in [0.4, 0.5) is 0 Å². The molecular formula is C4H6O. The van der Waals surface area contributed by atoms with E-state index in [9.17, 15) is 0 Å². The first-order chi connectivity index (χ1) is 2.77. The Morgan fingerprint density at radius 3 is 2.40 bits per heavy atom. The second-order valence-corrected chi connectivity index (χ2v) is 0.429. The summed E-state index contributed by atoms with van der Waals surface area (Å²) in [6.07, 6.45) is 1.08. The topological polar surface area (TPSA) is 9.23 Å². The van der Waals surface area contributed by atoms with Gasteiger partial charge in [-0.3, -0.25) is 0 Å². The van der Waals surface area contributed by atoms with E-state index in [-0.39, 0.29) is 6.24 Å². The van der Waals surface area contributed by atoms with Gasteiger partial charge in [-0.2, -0.15) is 0 Å². The van der Waals surface area contributed by atoms with Crippen molar-refractivity contribution in [3.8, 4) is 0 Å². The van der Waals surface area contributed by atoms with Crippen LogP contribution in [-0.2, 0) is 4.74 Å². The third-order valence-electron chi connectivity index (χ3n) is 0.167. The highest BCUT2D eigenvalue weighted by molar-refractivity contribution is 4.57. The molecule has 28 valence electrons. The molecule has 0 N–H and O–H groups in total. The lowest BCUT2D eigenvalue weighted by atomic mass is 11.1. The molecule has 0 aliphatic rings. The maximum atomic E-state index is 6.49. The van der Waals surface area contributed by atoms with Gasteiger partial charge in [0, 0.05) is 0 Å². The minimum atomic E-state index is -0.0787. The zero-order chi connectivity index (χ0) is 4.99. The molecule has 0 amide bonds. The Kier molecular flexibility index (Phi) is 1.65. The standard InChI is InChI=1S/C4H6O/c1-3-5-4-2/h3-4H,1-2H2/i3D. The van der Waals surface area contributed by atoms with Gasteiger partial charge >= 0.3 is 0 Å². The van der Waals surface area contributed by atoms with Gasteiger partial charge in [-0.25, -0.2) is 0 Å². The monoisotopic (exact) mass is 71.0 g/mol. The third kappa shape index (κ3) is 3.28. The summed E-state index contributed by atoms with van der Waals surface area (Å²) in [4.78, 5) is 0. The summed E-state index contributed by atoms with van der Waals surface area (Å²) in [5.41, 5.74) is 0. The van der Waals surface area contributed by atoms with Crippen LogP contribution >= 0.6 is 0 Å². The van der Waals surface area contributed by atoms with E-state index in [1.54, 1.807) is 0 Å². The summed E-state index contributed by atoms with van der Waals surface area (Å²) in [5.74, 6) is 0. The Morgan fingerprint density at radius 2 is 2.40 bits per heavy atom. The van der Waals surface area contributed by atoms with Crippen molar-refractivity contribution >= 4 is 0 Å². The molecule has 0 aromatic carbocycles. The Morgan fingerprint density at radius 1 is 1.80 bits per heavy atom. The molecule has 0 heterocycles. The van der Waals surface area contributed by atoms with Crippen molar-refractivity contribution in [1.82, 2.24) is 0 Å². The van der Waals surface area contributed by atoms with Gasteiger partial charge in [0.05, 0.1) is 12.5 Å². The van der Waals surface area contributed by atoms with Crippen LogP contribution in [0, 0.1) is 0 Å². The molecule has 0 bridgehead atoms. The molecule has 1 nitrogen and oxygen atoms in total. The molecule has 0 saturated heterocycles. The summed E-state index contributed by atoms with van der Waals surface area (Å²) in [5, 5.41) is 0. The van der Waals surface area contributed by atoms with Crippen LogP contribution in [0.1, 0.15) is 1.37 Å². The zero-order valence-electron chi connectivity index (χ0n) is 3.90. The number of hydrogen-bond acceptors (Lipinski definition) is 1. The highest BCUT2D eigenvalue weighted by Crippen LogP contribution is 1.65. The van der Waals surface area contributed by atoms with Crippen LogP contribution in [0.15, 0.2) is 25.7 Å². The molecule has 0 unspecified atom stereocenters. The fourth-order valence-electron chi connectivity index (χ4n) is 0.0589. The molecule has 0 atom stereocenters. The molecule has 0 rings (SSSR count). The minimum Gasteiger partial charge on any atom is -0.474 e. The molecule has 0 spiro atoms.